The molecule has 0 atom stereocenters. The van der Waals surface area contributed by atoms with Gasteiger partial charge in [0.05, 0.1) is 5.56 Å². The molecule has 0 aliphatic heterocycles. The van der Waals surface area contributed by atoms with Crippen LogP contribution < -0.4 is 5.56 Å². The summed E-state index contributed by atoms with van der Waals surface area (Å²) < 4.78 is 0. The molecule has 0 amide bonds. The normalized spacial score (nSPS) is 11.4. The van der Waals surface area contributed by atoms with Crippen molar-refractivity contribution in [3.8, 4) is 0 Å². The van der Waals surface area contributed by atoms with Crippen LogP contribution in [0.3, 0.4) is 0 Å². The quantitative estimate of drug-likeness (QED) is 0.711. The second-order valence-electron chi connectivity index (χ2n) is 4.20. The largest absolute Gasteiger partial charge is 0.478 e. The van der Waals surface area contributed by atoms with Crippen molar-refractivity contribution in [2.24, 2.45) is 0 Å². The van der Waals surface area contributed by atoms with Gasteiger partial charge in [0, 0.05) is 17.2 Å². The standard InChI is InChI=1S/C10H13NO3/c1-10(2,3)7-4-6(9(13)14)5-8(12)11-7/h4-5H,1-3H3,(H,11,12)(H,13,14). The molecule has 0 saturated carbocycles. The first-order chi connectivity index (χ1) is 6.30. The number of carboxylic acid groups (broad SMARTS) is 1. The number of nitrogens with one attached hydrogen (secondary N) is 1. The second kappa shape index (κ2) is 3.29. The number of carboxylic acids is 1. The molecular formula is C10H13NO3. The van der Waals surface area contributed by atoms with Gasteiger partial charge in [-0.1, -0.05) is 20.8 Å². The molecule has 1 heterocycles. The third-order valence-electron chi connectivity index (χ3n) is 1.90. The summed E-state index contributed by atoms with van der Waals surface area (Å²) >= 11 is 0. The summed E-state index contributed by atoms with van der Waals surface area (Å²) in [5.74, 6) is -1.08. The van der Waals surface area contributed by atoms with Crippen LogP contribution in [0.2, 0.25) is 0 Å². The Balaban J connectivity index is 3.35. The Morgan fingerprint density at radius 2 is 1.93 bits per heavy atom. The SMILES string of the molecule is CC(C)(C)c1cc(C(=O)O)cc(=O)[nH]1. The van der Waals surface area contributed by atoms with E-state index in [4.69, 9.17) is 5.11 Å². The first-order valence-corrected chi connectivity index (χ1v) is 4.29. The number of H-pyrrole nitrogens is 1. The van der Waals surface area contributed by atoms with E-state index in [2.05, 4.69) is 4.98 Å². The average molecular weight is 195 g/mol. The van der Waals surface area contributed by atoms with E-state index in [-0.39, 0.29) is 16.5 Å². The first kappa shape index (κ1) is 10.5. The Bertz CT molecular complexity index is 412. The van der Waals surface area contributed by atoms with Crippen molar-refractivity contribution in [1.82, 2.24) is 4.98 Å². The highest BCUT2D eigenvalue weighted by Gasteiger charge is 2.17. The number of hydrogen-bond acceptors (Lipinski definition) is 2. The first-order valence-electron chi connectivity index (χ1n) is 4.29. The van der Waals surface area contributed by atoms with Gasteiger partial charge >= 0.3 is 5.97 Å². The summed E-state index contributed by atoms with van der Waals surface area (Å²) in [7, 11) is 0. The zero-order valence-electron chi connectivity index (χ0n) is 8.42. The molecule has 0 unspecified atom stereocenters. The molecule has 2 N–H and O–H groups in total. The summed E-state index contributed by atoms with van der Waals surface area (Å²) in [5.41, 5.74) is 0.0147. The van der Waals surface area contributed by atoms with Crippen LogP contribution in [0.4, 0.5) is 0 Å². The minimum atomic E-state index is -1.08. The van der Waals surface area contributed by atoms with Crippen molar-refractivity contribution in [1.29, 1.82) is 0 Å². The lowest BCUT2D eigenvalue weighted by atomic mass is 9.91. The molecule has 0 radical (unpaired) electrons. The molecule has 14 heavy (non-hydrogen) atoms. The highest BCUT2D eigenvalue weighted by atomic mass is 16.4. The lowest BCUT2D eigenvalue weighted by molar-refractivity contribution is 0.0696. The van der Waals surface area contributed by atoms with Crippen molar-refractivity contribution in [2.75, 3.05) is 0 Å². The van der Waals surface area contributed by atoms with Crippen LogP contribution in [0.1, 0.15) is 36.8 Å². The van der Waals surface area contributed by atoms with Crippen LogP contribution in [-0.2, 0) is 5.41 Å². The fourth-order valence-corrected chi connectivity index (χ4v) is 1.07. The number of rotatable bonds is 1. The topological polar surface area (TPSA) is 70.2 Å². The van der Waals surface area contributed by atoms with Gasteiger partial charge in [0.1, 0.15) is 0 Å². The highest BCUT2D eigenvalue weighted by Crippen LogP contribution is 2.19. The molecule has 4 nitrogen and oxygen atoms in total. The van der Waals surface area contributed by atoms with E-state index in [0.29, 0.717) is 5.69 Å². The third kappa shape index (κ3) is 2.22. The molecule has 1 rings (SSSR count). The summed E-state index contributed by atoms with van der Waals surface area (Å²) in [6, 6.07) is 2.57. The van der Waals surface area contributed by atoms with Gasteiger partial charge in [-0.3, -0.25) is 4.79 Å². The van der Waals surface area contributed by atoms with Gasteiger partial charge in [0.25, 0.3) is 0 Å². The van der Waals surface area contributed by atoms with Crippen LogP contribution in [0, 0.1) is 0 Å². The zero-order valence-corrected chi connectivity index (χ0v) is 8.42. The number of hydrogen-bond donors (Lipinski definition) is 2. The molecule has 0 fully saturated rings. The summed E-state index contributed by atoms with van der Waals surface area (Å²) in [5, 5.41) is 8.75. The fraction of sp³-hybridized carbons (Fsp3) is 0.400. The summed E-state index contributed by atoms with van der Waals surface area (Å²) in [4.78, 5) is 24.4. The van der Waals surface area contributed by atoms with Crippen molar-refractivity contribution in [2.45, 2.75) is 26.2 Å². The molecule has 1 aromatic heterocycles. The van der Waals surface area contributed by atoms with Gasteiger partial charge in [-0.2, -0.15) is 0 Å². The number of aromatic amines is 1. The van der Waals surface area contributed by atoms with E-state index < -0.39 is 5.97 Å². The minimum absolute atomic E-state index is 0.0266. The Morgan fingerprint density at radius 1 is 1.36 bits per heavy atom. The summed E-state index contributed by atoms with van der Waals surface area (Å²) in [6.07, 6.45) is 0. The van der Waals surface area contributed by atoms with Gasteiger partial charge in [-0.05, 0) is 6.07 Å². The van der Waals surface area contributed by atoms with Crippen LogP contribution >= 0.6 is 0 Å². The van der Waals surface area contributed by atoms with Crippen molar-refractivity contribution in [3.63, 3.8) is 0 Å². The molecule has 4 heteroatoms. The molecule has 76 valence electrons. The molecule has 0 spiro atoms. The molecule has 1 aromatic rings. The predicted molar refractivity (Wildman–Crippen MR) is 52.7 cm³/mol. The molecule has 0 saturated heterocycles. The van der Waals surface area contributed by atoms with Crippen LogP contribution in [0.15, 0.2) is 16.9 Å². The van der Waals surface area contributed by atoms with E-state index in [9.17, 15) is 9.59 Å². The van der Waals surface area contributed by atoms with Gasteiger partial charge in [-0.25, -0.2) is 4.79 Å². The van der Waals surface area contributed by atoms with E-state index in [0.717, 1.165) is 6.07 Å². The molecular weight excluding hydrogens is 182 g/mol. The number of aromatic nitrogens is 1. The van der Waals surface area contributed by atoms with Gasteiger partial charge in [0.2, 0.25) is 5.56 Å². The van der Waals surface area contributed by atoms with Gasteiger partial charge in [-0.15, -0.1) is 0 Å². The molecule has 0 aliphatic rings. The van der Waals surface area contributed by atoms with E-state index >= 15 is 0 Å². The number of carbonyl (C=O) groups is 1. The Morgan fingerprint density at radius 3 is 2.36 bits per heavy atom. The predicted octanol–water partition coefficient (Wildman–Crippen LogP) is 1.37. The van der Waals surface area contributed by atoms with E-state index in [1.54, 1.807) is 0 Å². The zero-order chi connectivity index (χ0) is 10.9. The Labute approximate surface area is 81.6 Å². The maximum atomic E-state index is 11.1. The second-order valence-corrected chi connectivity index (χ2v) is 4.20. The summed E-state index contributed by atoms with van der Waals surface area (Å²) in [6.45, 7) is 5.72. The average Bonchev–Trinajstić information content (AvgIpc) is 2.01. The van der Waals surface area contributed by atoms with Crippen LogP contribution in [-0.4, -0.2) is 16.1 Å². The van der Waals surface area contributed by atoms with Crippen LogP contribution in [0.5, 0.6) is 0 Å². The van der Waals surface area contributed by atoms with Crippen molar-refractivity contribution in [3.05, 3.63) is 33.7 Å². The highest BCUT2D eigenvalue weighted by molar-refractivity contribution is 5.87. The maximum absolute atomic E-state index is 11.1. The lowest BCUT2D eigenvalue weighted by Gasteiger charge is -2.18. The molecule has 0 aromatic carbocycles. The van der Waals surface area contributed by atoms with Crippen LogP contribution in [0.25, 0.3) is 0 Å². The van der Waals surface area contributed by atoms with Crippen molar-refractivity contribution < 1.29 is 9.90 Å². The minimum Gasteiger partial charge on any atom is -0.478 e. The van der Waals surface area contributed by atoms with Crippen molar-refractivity contribution >= 4 is 5.97 Å². The number of pyridine rings is 1. The number of aromatic carboxylic acids is 1. The smallest absolute Gasteiger partial charge is 0.335 e. The van der Waals surface area contributed by atoms with Gasteiger partial charge < -0.3 is 10.1 Å². The van der Waals surface area contributed by atoms with Gasteiger partial charge in [0.15, 0.2) is 0 Å². The van der Waals surface area contributed by atoms with E-state index in [1.807, 2.05) is 20.8 Å². The Hall–Kier alpha value is -1.58. The van der Waals surface area contributed by atoms with E-state index in [1.165, 1.54) is 6.07 Å². The lowest BCUT2D eigenvalue weighted by Crippen LogP contribution is -2.20. The fourth-order valence-electron chi connectivity index (χ4n) is 1.07. The Kier molecular flexibility index (Phi) is 2.47. The monoisotopic (exact) mass is 195 g/mol. The third-order valence-corrected chi connectivity index (χ3v) is 1.90. The molecule has 0 bridgehead atoms. The molecule has 0 aliphatic carbocycles. The maximum Gasteiger partial charge on any atom is 0.335 e.